The maximum absolute atomic E-state index is 6.06. The Morgan fingerprint density at radius 1 is 1.12 bits per heavy atom. The minimum Gasteiger partial charge on any atom is -0.491 e. The van der Waals surface area contributed by atoms with Gasteiger partial charge in [-0.25, -0.2) is 0 Å². The summed E-state index contributed by atoms with van der Waals surface area (Å²) < 4.78 is 5.67. The maximum atomic E-state index is 6.06. The molecule has 4 heteroatoms. The van der Waals surface area contributed by atoms with Crippen molar-refractivity contribution < 1.29 is 4.74 Å². The standard InChI is InChI=1S/C13H19Cl2NO/c1-4-16(5-2)6-7-17-13-8-10(3)11(14)9-12(13)15/h8-9H,4-7H2,1-3H3. The van der Waals surface area contributed by atoms with E-state index in [1.54, 1.807) is 6.07 Å². The van der Waals surface area contributed by atoms with Gasteiger partial charge in [0.05, 0.1) is 5.02 Å². The van der Waals surface area contributed by atoms with Crippen LogP contribution in [-0.4, -0.2) is 31.1 Å². The second-order valence-electron chi connectivity index (χ2n) is 3.91. The van der Waals surface area contributed by atoms with Crippen LogP contribution >= 0.6 is 23.2 Å². The molecule has 0 aliphatic rings. The Labute approximate surface area is 113 Å². The van der Waals surface area contributed by atoms with Crippen LogP contribution in [0.2, 0.25) is 10.0 Å². The highest BCUT2D eigenvalue weighted by Gasteiger charge is 2.06. The molecular formula is C13H19Cl2NO. The molecule has 0 bridgehead atoms. The third-order valence-electron chi connectivity index (χ3n) is 2.77. The molecule has 1 aromatic rings. The number of likely N-dealkylation sites (N-methyl/N-ethyl adjacent to an activating group) is 1. The quantitative estimate of drug-likeness (QED) is 0.778. The molecule has 1 rings (SSSR count). The monoisotopic (exact) mass is 275 g/mol. The lowest BCUT2D eigenvalue weighted by molar-refractivity contribution is 0.223. The first kappa shape index (κ1) is 14.6. The Morgan fingerprint density at radius 3 is 2.35 bits per heavy atom. The molecule has 0 radical (unpaired) electrons. The van der Waals surface area contributed by atoms with Crippen LogP contribution in [0.5, 0.6) is 5.75 Å². The fraction of sp³-hybridized carbons (Fsp3) is 0.538. The first-order valence-corrected chi connectivity index (χ1v) is 6.64. The lowest BCUT2D eigenvalue weighted by atomic mass is 10.2. The van der Waals surface area contributed by atoms with E-state index < -0.39 is 0 Å². The summed E-state index contributed by atoms with van der Waals surface area (Å²) in [6, 6.07) is 3.61. The van der Waals surface area contributed by atoms with Gasteiger partial charge >= 0.3 is 0 Å². The molecule has 0 saturated carbocycles. The van der Waals surface area contributed by atoms with Crippen molar-refractivity contribution in [1.29, 1.82) is 0 Å². The van der Waals surface area contributed by atoms with E-state index in [-0.39, 0.29) is 0 Å². The summed E-state index contributed by atoms with van der Waals surface area (Å²) in [5.74, 6) is 0.709. The Balaban J connectivity index is 2.55. The molecule has 0 atom stereocenters. The van der Waals surface area contributed by atoms with Crippen LogP contribution in [0, 0.1) is 6.92 Å². The van der Waals surface area contributed by atoms with Gasteiger partial charge in [0.15, 0.2) is 0 Å². The molecule has 2 nitrogen and oxygen atoms in total. The molecule has 96 valence electrons. The van der Waals surface area contributed by atoms with E-state index in [0.29, 0.717) is 22.4 Å². The van der Waals surface area contributed by atoms with Crippen molar-refractivity contribution in [3.8, 4) is 5.75 Å². The number of hydrogen-bond donors (Lipinski definition) is 0. The molecular weight excluding hydrogens is 257 g/mol. The van der Waals surface area contributed by atoms with Gasteiger partial charge in [0.2, 0.25) is 0 Å². The minimum absolute atomic E-state index is 0.570. The van der Waals surface area contributed by atoms with E-state index in [0.717, 1.165) is 25.2 Å². The van der Waals surface area contributed by atoms with Crippen LogP contribution < -0.4 is 4.74 Å². The molecule has 0 aliphatic carbocycles. The summed E-state index contributed by atoms with van der Waals surface area (Å²) in [5, 5.41) is 1.24. The second kappa shape index (κ2) is 7.10. The third kappa shape index (κ3) is 4.38. The van der Waals surface area contributed by atoms with Gasteiger partial charge in [-0.2, -0.15) is 0 Å². The van der Waals surface area contributed by atoms with Gasteiger partial charge in [0, 0.05) is 11.6 Å². The SMILES string of the molecule is CCN(CC)CCOc1cc(C)c(Cl)cc1Cl. The van der Waals surface area contributed by atoms with E-state index in [4.69, 9.17) is 27.9 Å². The average molecular weight is 276 g/mol. The number of halogens is 2. The van der Waals surface area contributed by atoms with Gasteiger partial charge in [-0.05, 0) is 37.7 Å². The van der Waals surface area contributed by atoms with Crippen molar-refractivity contribution in [2.45, 2.75) is 20.8 Å². The van der Waals surface area contributed by atoms with Gasteiger partial charge < -0.3 is 9.64 Å². The largest absolute Gasteiger partial charge is 0.491 e. The Bertz CT molecular complexity index is 365. The van der Waals surface area contributed by atoms with Gasteiger partial charge in [-0.15, -0.1) is 0 Å². The van der Waals surface area contributed by atoms with Crippen LogP contribution in [-0.2, 0) is 0 Å². The maximum Gasteiger partial charge on any atom is 0.138 e. The highest BCUT2D eigenvalue weighted by Crippen LogP contribution is 2.30. The summed E-state index contributed by atoms with van der Waals surface area (Å²) in [6.45, 7) is 9.84. The van der Waals surface area contributed by atoms with Gasteiger partial charge in [0.25, 0.3) is 0 Å². The number of benzene rings is 1. The zero-order valence-corrected chi connectivity index (χ0v) is 12.1. The number of rotatable bonds is 6. The number of aryl methyl sites for hydroxylation is 1. The van der Waals surface area contributed by atoms with Crippen molar-refractivity contribution >= 4 is 23.2 Å². The molecule has 17 heavy (non-hydrogen) atoms. The molecule has 0 aliphatic heterocycles. The third-order valence-corrected chi connectivity index (χ3v) is 3.48. The van der Waals surface area contributed by atoms with Crippen molar-refractivity contribution in [3.05, 3.63) is 27.7 Å². The normalized spacial score (nSPS) is 10.9. The molecule has 0 unspecified atom stereocenters. The van der Waals surface area contributed by atoms with Crippen molar-refractivity contribution in [2.24, 2.45) is 0 Å². The van der Waals surface area contributed by atoms with Crippen molar-refractivity contribution in [1.82, 2.24) is 4.90 Å². The van der Waals surface area contributed by atoms with Crippen LogP contribution in [0.3, 0.4) is 0 Å². The molecule has 0 amide bonds. The first-order chi connectivity index (χ1) is 8.08. The van der Waals surface area contributed by atoms with E-state index >= 15 is 0 Å². The molecule has 0 fully saturated rings. The fourth-order valence-corrected chi connectivity index (χ4v) is 2.00. The highest BCUT2D eigenvalue weighted by molar-refractivity contribution is 6.35. The molecule has 0 saturated heterocycles. The molecule has 0 heterocycles. The van der Waals surface area contributed by atoms with E-state index in [1.807, 2.05) is 13.0 Å². The van der Waals surface area contributed by atoms with E-state index in [9.17, 15) is 0 Å². The Morgan fingerprint density at radius 2 is 1.76 bits per heavy atom. The van der Waals surface area contributed by atoms with Crippen molar-refractivity contribution in [3.63, 3.8) is 0 Å². The fourth-order valence-electron chi connectivity index (χ4n) is 1.57. The smallest absolute Gasteiger partial charge is 0.138 e. The Kier molecular flexibility index (Phi) is 6.10. The van der Waals surface area contributed by atoms with Crippen LogP contribution in [0.15, 0.2) is 12.1 Å². The topological polar surface area (TPSA) is 12.5 Å². The lowest BCUT2D eigenvalue weighted by Crippen LogP contribution is -2.27. The summed E-state index contributed by atoms with van der Waals surface area (Å²) >= 11 is 12.0. The predicted molar refractivity (Wildman–Crippen MR) is 74.5 cm³/mol. The summed E-state index contributed by atoms with van der Waals surface area (Å²) in [5.41, 5.74) is 0.980. The first-order valence-electron chi connectivity index (χ1n) is 5.89. The van der Waals surface area contributed by atoms with Crippen LogP contribution in [0.25, 0.3) is 0 Å². The van der Waals surface area contributed by atoms with Crippen LogP contribution in [0.4, 0.5) is 0 Å². The summed E-state index contributed by atoms with van der Waals surface area (Å²) in [7, 11) is 0. The minimum atomic E-state index is 0.570. The molecule has 0 N–H and O–H groups in total. The Hall–Kier alpha value is -0.440. The second-order valence-corrected chi connectivity index (χ2v) is 4.72. The summed E-state index contributed by atoms with van der Waals surface area (Å²) in [4.78, 5) is 2.30. The number of ether oxygens (including phenoxy) is 1. The zero-order valence-electron chi connectivity index (χ0n) is 10.6. The molecule has 0 aromatic heterocycles. The number of hydrogen-bond acceptors (Lipinski definition) is 2. The van der Waals surface area contributed by atoms with E-state index in [1.165, 1.54) is 0 Å². The highest BCUT2D eigenvalue weighted by atomic mass is 35.5. The lowest BCUT2D eigenvalue weighted by Gasteiger charge is -2.18. The van der Waals surface area contributed by atoms with Gasteiger partial charge in [-0.3, -0.25) is 0 Å². The van der Waals surface area contributed by atoms with Gasteiger partial charge in [0.1, 0.15) is 12.4 Å². The summed E-state index contributed by atoms with van der Waals surface area (Å²) in [6.07, 6.45) is 0. The van der Waals surface area contributed by atoms with Gasteiger partial charge in [-0.1, -0.05) is 37.0 Å². The van der Waals surface area contributed by atoms with Crippen LogP contribution in [0.1, 0.15) is 19.4 Å². The van der Waals surface area contributed by atoms with Crippen molar-refractivity contribution in [2.75, 3.05) is 26.2 Å². The predicted octanol–water partition coefficient (Wildman–Crippen LogP) is 4.02. The molecule has 0 spiro atoms. The zero-order chi connectivity index (χ0) is 12.8. The average Bonchev–Trinajstić information content (AvgIpc) is 2.31. The van der Waals surface area contributed by atoms with E-state index in [2.05, 4.69) is 18.7 Å². The molecule has 1 aromatic carbocycles. The number of nitrogens with zero attached hydrogens (tertiary/aromatic N) is 1.